The molecule has 1 atom stereocenters. The van der Waals surface area contributed by atoms with E-state index in [4.69, 9.17) is 11.6 Å². The lowest BCUT2D eigenvalue weighted by atomic mass is 9.94. The van der Waals surface area contributed by atoms with Crippen LogP contribution >= 0.6 is 11.6 Å². The molecular weight excluding hydrogens is 362 g/mol. The van der Waals surface area contributed by atoms with E-state index < -0.39 is 0 Å². The number of anilines is 1. The molecule has 0 aliphatic carbocycles. The maximum Gasteiger partial charge on any atom is 0.259 e. The number of aromatic nitrogens is 3. The van der Waals surface area contributed by atoms with Crippen LogP contribution in [0.15, 0.2) is 59.6 Å². The van der Waals surface area contributed by atoms with Gasteiger partial charge in [0.2, 0.25) is 5.95 Å². The second-order valence-corrected chi connectivity index (χ2v) is 6.90. The van der Waals surface area contributed by atoms with Crippen LogP contribution in [-0.2, 0) is 13.0 Å². The lowest BCUT2D eigenvalue weighted by molar-refractivity contribution is 0.0852. The van der Waals surface area contributed by atoms with Crippen molar-refractivity contribution in [2.75, 3.05) is 5.32 Å². The van der Waals surface area contributed by atoms with Crippen molar-refractivity contribution in [3.05, 3.63) is 70.7 Å². The van der Waals surface area contributed by atoms with Crippen LogP contribution in [0.2, 0.25) is 5.02 Å². The fourth-order valence-corrected chi connectivity index (χ4v) is 3.29. The molecule has 6 nitrogen and oxygen atoms in total. The van der Waals surface area contributed by atoms with Gasteiger partial charge in [-0.15, -0.1) is 5.10 Å². The summed E-state index contributed by atoms with van der Waals surface area (Å²) in [5.74, 6) is 0.248. The Hall–Kier alpha value is -2.99. The minimum atomic E-state index is -0.331. The monoisotopic (exact) mass is 379 g/mol. The van der Waals surface area contributed by atoms with Gasteiger partial charge in [-0.2, -0.15) is 9.67 Å². The number of hydrogen-bond acceptors (Lipinski definition) is 5. The van der Waals surface area contributed by atoms with Gasteiger partial charge in [0.1, 0.15) is 0 Å². The number of carbonyl (C=O) groups is 1. The first kappa shape index (κ1) is 17.4. The highest BCUT2D eigenvalue weighted by atomic mass is 35.5. The van der Waals surface area contributed by atoms with Crippen molar-refractivity contribution in [2.45, 2.75) is 19.9 Å². The third-order valence-corrected chi connectivity index (χ3v) is 4.73. The number of nitrogens with one attached hydrogen (secondary N) is 1. The fourth-order valence-electron chi connectivity index (χ4n) is 3.07. The molecule has 136 valence electrons. The molecule has 0 amide bonds. The molecule has 3 aromatic rings. The van der Waals surface area contributed by atoms with Crippen molar-refractivity contribution in [1.82, 2.24) is 14.8 Å². The van der Waals surface area contributed by atoms with E-state index in [1.54, 1.807) is 0 Å². The maximum atomic E-state index is 12.9. The number of rotatable bonds is 5. The van der Waals surface area contributed by atoms with Crippen LogP contribution < -0.4 is 5.32 Å². The molecule has 0 saturated heterocycles. The van der Waals surface area contributed by atoms with E-state index >= 15 is 0 Å². The van der Waals surface area contributed by atoms with E-state index in [9.17, 15) is 4.79 Å². The second kappa shape index (κ2) is 7.32. The summed E-state index contributed by atoms with van der Waals surface area (Å²) in [6.45, 7) is 2.37. The average Bonchev–Trinajstić information content (AvgIpc) is 3.07. The van der Waals surface area contributed by atoms with Gasteiger partial charge < -0.3 is 5.32 Å². The standard InChI is InChI=1S/C20H18ClN5O/c1-13-17(11-14-6-3-2-4-7-14)18(27)26-20(23-13)24-19(25-26)22-12-15-8-5-9-16(21)10-15/h2-10,17H,11-12H2,1H3,(H,22,25). The van der Waals surface area contributed by atoms with Crippen molar-refractivity contribution in [3.63, 3.8) is 0 Å². The Morgan fingerprint density at radius 3 is 2.67 bits per heavy atom. The molecule has 1 aliphatic rings. The first-order valence-electron chi connectivity index (χ1n) is 8.69. The van der Waals surface area contributed by atoms with Gasteiger partial charge in [-0.25, -0.2) is 4.99 Å². The van der Waals surface area contributed by atoms with Crippen LogP contribution in [0, 0.1) is 5.92 Å². The van der Waals surface area contributed by atoms with Crippen LogP contribution in [0.4, 0.5) is 11.9 Å². The largest absolute Gasteiger partial charge is 0.349 e. The summed E-state index contributed by atoms with van der Waals surface area (Å²) in [6.07, 6.45) is 0.597. The van der Waals surface area contributed by atoms with Crippen molar-refractivity contribution in [1.29, 1.82) is 0 Å². The van der Waals surface area contributed by atoms with Crippen molar-refractivity contribution in [3.8, 4) is 0 Å². The van der Waals surface area contributed by atoms with E-state index in [0.717, 1.165) is 16.8 Å². The molecule has 2 heterocycles. The number of hydrogen-bond donors (Lipinski definition) is 1. The first-order chi connectivity index (χ1) is 13.1. The van der Waals surface area contributed by atoms with E-state index in [1.807, 2.05) is 61.5 Å². The van der Waals surface area contributed by atoms with Gasteiger partial charge in [0.25, 0.3) is 11.9 Å². The summed E-state index contributed by atoms with van der Waals surface area (Å²) in [4.78, 5) is 21.7. The molecular formula is C20H18ClN5O. The van der Waals surface area contributed by atoms with Gasteiger partial charge in [0, 0.05) is 17.3 Å². The summed E-state index contributed by atoms with van der Waals surface area (Å²) < 4.78 is 1.29. The molecule has 4 rings (SSSR count). The molecule has 0 spiro atoms. The van der Waals surface area contributed by atoms with Crippen LogP contribution in [0.3, 0.4) is 0 Å². The normalized spacial score (nSPS) is 16.0. The number of aliphatic imine (C=N–C) groups is 1. The zero-order valence-corrected chi connectivity index (χ0v) is 15.5. The summed E-state index contributed by atoms with van der Waals surface area (Å²) in [5.41, 5.74) is 2.85. The third-order valence-electron chi connectivity index (χ3n) is 4.50. The highest BCUT2D eigenvalue weighted by Gasteiger charge is 2.31. The highest BCUT2D eigenvalue weighted by molar-refractivity contribution is 6.30. The minimum absolute atomic E-state index is 0.107. The van der Waals surface area contributed by atoms with Gasteiger partial charge in [-0.3, -0.25) is 4.79 Å². The Morgan fingerprint density at radius 2 is 1.89 bits per heavy atom. The molecule has 0 fully saturated rings. The van der Waals surface area contributed by atoms with Crippen LogP contribution in [0.25, 0.3) is 0 Å². The number of nitrogens with zero attached hydrogens (tertiary/aromatic N) is 4. The molecule has 0 saturated carbocycles. The van der Waals surface area contributed by atoms with Crippen LogP contribution in [0.1, 0.15) is 22.8 Å². The topological polar surface area (TPSA) is 72.2 Å². The highest BCUT2D eigenvalue weighted by Crippen LogP contribution is 2.24. The summed E-state index contributed by atoms with van der Waals surface area (Å²) in [5, 5.41) is 8.09. The SMILES string of the molecule is CC1=Nc2nc(NCc3cccc(Cl)c3)nn2C(=O)C1Cc1ccccc1. The van der Waals surface area contributed by atoms with Crippen molar-refractivity contribution in [2.24, 2.45) is 10.9 Å². The van der Waals surface area contributed by atoms with E-state index in [0.29, 0.717) is 29.9 Å². The molecule has 0 radical (unpaired) electrons. The fraction of sp³-hybridized carbons (Fsp3) is 0.200. The second-order valence-electron chi connectivity index (χ2n) is 6.46. The van der Waals surface area contributed by atoms with Crippen molar-refractivity contribution < 1.29 is 4.79 Å². The predicted molar refractivity (Wildman–Crippen MR) is 106 cm³/mol. The average molecular weight is 380 g/mol. The Balaban J connectivity index is 1.51. The van der Waals surface area contributed by atoms with E-state index in [-0.39, 0.29) is 11.8 Å². The van der Waals surface area contributed by atoms with Gasteiger partial charge in [0.05, 0.1) is 5.92 Å². The first-order valence-corrected chi connectivity index (χ1v) is 9.06. The molecule has 0 bridgehead atoms. The lowest BCUT2D eigenvalue weighted by Gasteiger charge is -2.19. The molecule has 7 heteroatoms. The molecule has 1 aromatic heterocycles. The summed E-state index contributed by atoms with van der Waals surface area (Å²) in [6, 6.07) is 17.4. The van der Waals surface area contributed by atoms with Crippen LogP contribution in [-0.4, -0.2) is 26.4 Å². The smallest absolute Gasteiger partial charge is 0.259 e. The summed E-state index contributed by atoms with van der Waals surface area (Å²) >= 11 is 6.00. The molecule has 1 aliphatic heterocycles. The zero-order valence-electron chi connectivity index (χ0n) is 14.8. The van der Waals surface area contributed by atoms with Gasteiger partial charge in [0.15, 0.2) is 0 Å². The maximum absolute atomic E-state index is 12.9. The molecule has 1 unspecified atom stereocenters. The van der Waals surface area contributed by atoms with Gasteiger partial charge in [-0.1, -0.05) is 54.1 Å². The van der Waals surface area contributed by atoms with Gasteiger partial charge in [-0.05, 0) is 36.6 Å². The Morgan fingerprint density at radius 1 is 1.11 bits per heavy atom. The number of halogens is 1. The zero-order chi connectivity index (χ0) is 18.8. The van der Waals surface area contributed by atoms with Crippen LogP contribution in [0.5, 0.6) is 0 Å². The molecule has 1 N–H and O–H groups in total. The number of fused-ring (bicyclic) bond motifs is 1. The Bertz CT molecular complexity index is 1010. The lowest BCUT2D eigenvalue weighted by Crippen LogP contribution is -2.33. The number of benzene rings is 2. The predicted octanol–water partition coefficient (Wildman–Crippen LogP) is 4.15. The van der Waals surface area contributed by atoms with E-state index in [1.165, 1.54) is 4.68 Å². The summed E-state index contributed by atoms with van der Waals surface area (Å²) in [7, 11) is 0. The van der Waals surface area contributed by atoms with E-state index in [2.05, 4.69) is 20.4 Å². The Labute approximate surface area is 161 Å². The Kier molecular flexibility index (Phi) is 4.73. The third kappa shape index (κ3) is 3.75. The molecule has 2 aromatic carbocycles. The molecule has 27 heavy (non-hydrogen) atoms. The van der Waals surface area contributed by atoms with Gasteiger partial charge >= 0.3 is 0 Å². The number of carbonyl (C=O) groups excluding carboxylic acids is 1. The minimum Gasteiger partial charge on any atom is -0.349 e. The van der Waals surface area contributed by atoms with Crippen molar-refractivity contribution >= 4 is 35.1 Å². The quantitative estimate of drug-likeness (QED) is 0.722.